The van der Waals surface area contributed by atoms with Crippen molar-refractivity contribution in [2.75, 3.05) is 12.3 Å². The lowest BCUT2D eigenvalue weighted by atomic mass is 10.1. The maximum absolute atomic E-state index is 5.74. The molecule has 1 saturated heterocycles. The number of anilines is 1. The van der Waals surface area contributed by atoms with Gasteiger partial charge in [-0.15, -0.1) is 0 Å². The summed E-state index contributed by atoms with van der Waals surface area (Å²) in [6.07, 6.45) is 4.78. The van der Waals surface area contributed by atoms with Crippen LogP contribution in [0.15, 0.2) is 18.2 Å². The molecule has 0 bridgehead atoms. The second kappa shape index (κ2) is 4.37. The smallest absolute Gasteiger partial charge is 0.109 e. The highest BCUT2D eigenvalue weighted by molar-refractivity contribution is 5.78. The van der Waals surface area contributed by atoms with Gasteiger partial charge in [0.15, 0.2) is 0 Å². The lowest BCUT2D eigenvalue weighted by Crippen LogP contribution is -2.21. The molecule has 0 amide bonds. The van der Waals surface area contributed by atoms with Gasteiger partial charge in [-0.1, -0.05) is 0 Å². The van der Waals surface area contributed by atoms with Gasteiger partial charge < -0.3 is 15.5 Å². The van der Waals surface area contributed by atoms with E-state index < -0.39 is 0 Å². The topological polar surface area (TPSA) is 63.9 Å². The quantitative estimate of drug-likeness (QED) is 0.779. The Kier molecular flexibility index (Phi) is 2.73. The molecule has 1 aliphatic rings. The van der Waals surface area contributed by atoms with Gasteiger partial charge in [0.1, 0.15) is 5.82 Å². The van der Waals surface area contributed by atoms with Crippen molar-refractivity contribution in [2.24, 2.45) is 0 Å². The molecule has 0 radical (unpaired) electrons. The van der Waals surface area contributed by atoms with Crippen molar-refractivity contribution in [2.45, 2.75) is 31.8 Å². The number of hydrogen-bond donors (Lipinski definition) is 2. The van der Waals surface area contributed by atoms with Gasteiger partial charge in [0.25, 0.3) is 0 Å². The summed E-state index contributed by atoms with van der Waals surface area (Å²) in [5, 5.41) is 0. The van der Waals surface area contributed by atoms with Gasteiger partial charge in [0.05, 0.1) is 17.1 Å². The summed E-state index contributed by atoms with van der Waals surface area (Å²) in [5.74, 6) is 0.998. The van der Waals surface area contributed by atoms with Crippen molar-refractivity contribution >= 4 is 16.7 Å². The fraction of sp³-hybridized carbons (Fsp3) is 0.462. The van der Waals surface area contributed by atoms with Crippen LogP contribution in [0.2, 0.25) is 0 Å². The summed E-state index contributed by atoms with van der Waals surface area (Å²) >= 11 is 0. The summed E-state index contributed by atoms with van der Waals surface area (Å²) < 4.78 is 5.72. The summed E-state index contributed by atoms with van der Waals surface area (Å²) in [4.78, 5) is 7.87. The van der Waals surface area contributed by atoms with Crippen LogP contribution in [-0.2, 0) is 11.2 Å². The SMILES string of the molecule is Nc1ccc2nc(CC3CCCCO3)[nH]c2c1. The highest BCUT2D eigenvalue weighted by Gasteiger charge is 2.16. The fourth-order valence-electron chi connectivity index (χ4n) is 2.36. The number of imidazole rings is 1. The molecule has 2 aromatic rings. The van der Waals surface area contributed by atoms with E-state index in [9.17, 15) is 0 Å². The normalized spacial score (nSPS) is 20.8. The van der Waals surface area contributed by atoms with E-state index in [1.54, 1.807) is 0 Å². The number of nitrogens with two attached hydrogens (primary N) is 1. The van der Waals surface area contributed by atoms with Crippen molar-refractivity contribution in [1.82, 2.24) is 9.97 Å². The number of fused-ring (bicyclic) bond motifs is 1. The number of hydrogen-bond acceptors (Lipinski definition) is 3. The highest BCUT2D eigenvalue weighted by atomic mass is 16.5. The molecule has 1 aromatic heterocycles. The van der Waals surface area contributed by atoms with Gasteiger partial charge in [-0.05, 0) is 37.5 Å². The average Bonchev–Trinajstić information content (AvgIpc) is 2.71. The van der Waals surface area contributed by atoms with E-state index in [0.29, 0.717) is 6.10 Å². The molecule has 1 atom stereocenters. The van der Waals surface area contributed by atoms with E-state index in [1.165, 1.54) is 12.8 Å². The summed E-state index contributed by atoms with van der Waals surface area (Å²) in [6, 6.07) is 5.75. The standard InChI is InChI=1S/C13H17N3O/c14-9-4-5-11-12(7-9)16-13(15-11)8-10-3-1-2-6-17-10/h4-5,7,10H,1-3,6,8,14H2,(H,15,16). The van der Waals surface area contributed by atoms with Gasteiger partial charge >= 0.3 is 0 Å². The molecule has 1 aromatic carbocycles. The minimum atomic E-state index is 0.321. The third-order valence-corrected chi connectivity index (χ3v) is 3.25. The summed E-state index contributed by atoms with van der Waals surface area (Å²) in [6.45, 7) is 0.887. The third kappa shape index (κ3) is 2.26. The van der Waals surface area contributed by atoms with Crippen LogP contribution in [0.5, 0.6) is 0 Å². The van der Waals surface area contributed by atoms with E-state index in [-0.39, 0.29) is 0 Å². The number of ether oxygens (including phenoxy) is 1. The second-order valence-corrected chi connectivity index (χ2v) is 4.65. The average molecular weight is 231 g/mol. The molecule has 2 heterocycles. The van der Waals surface area contributed by atoms with Crippen molar-refractivity contribution < 1.29 is 4.74 Å². The van der Waals surface area contributed by atoms with Crippen LogP contribution in [0.3, 0.4) is 0 Å². The van der Waals surface area contributed by atoms with Crippen LogP contribution in [0.4, 0.5) is 5.69 Å². The number of nitrogens with one attached hydrogen (secondary N) is 1. The molecule has 3 N–H and O–H groups in total. The molecular formula is C13H17N3O. The monoisotopic (exact) mass is 231 g/mol. The van der Waals surface area contributed by atoms with Crippen LogP contribution in [0, 0.1) is 0 Å². The summed E-state index contributed by atoms with van der Waals surface area (Å²) in [7, 11) is 0. The largest absolute Gasteiger partial charge is 0.399 e. The molecule has 1 unspecified atom stereocenters. The number of benzene rings is 1. The van der Waals surface area contributed by atoms with Gasteiger partial charge in [0.2, 0.25) is 0 Å². The number of H-pyrrole nitrogens is 1. The van der Waals surface area contributed by atoms with Crippen molar-refractivity contribution in [3.8, 4) is 0 Å². The molecule has 4 heteroatoms. The number of aromatic amines is 1. The molecule has 0 saturated carbocycles. The predicted octanol–water partition coefficient (Wildman–Crippen LogP) is 2.26. The van der Waals surface area contributed by atoms with Crippen LogP contribution in [0.1, 0.15) is 25.1 Å². The van der Waals surface area contributed by atoms with E-state index >= 15 is 0 Å². The predicted molar refractivity (Wildman–Crippen MR) is 67.8 cm³/mol. The summed E-state index contributed by atoms with van der Waals surface area (Å²) in [5.41, 5.74) is 8.50. The van der Waals surface area contributed by atoms with Crippen LogP contribution >= 0.6 is 0 Å². The highest BCUT2D eigenvalue weighted by Crippen LogP contribution is 2.19. The number of rotatable bonds is 2. The molecule has 0 aliphatic carbocycles. The molecule has 17 heavy (non-hydrogen) atoms. The Morgan fingerprint density at radius 2 is 2.35 bits per heavy atom. The van der Waals surface area contributed by atoms with E-state index in [2.05, 4.69) is 9.97 Å². The number of nitrogens with zero attached hydrogens (tertiary/aromatic N) is 1. The molecule has 1 aliphatic heterocycles. The van der Waals surface area contributed by atoms with Crippen LogP contribution in [-0.4, -0.2) is 22.7 Å². The van der Waals surface area contributed by atoms with Gasteiger partial charge in [-0.2, -0.15) is 0 Å². The number of nitrogen functional groups attached to an aromatic ring is 1. The van der Waals surface area contributed by atoms with Gasteiger partial charge in [-0.25, -0.2) is 4.98 Å². The third-order valence-electron chi connectivity index (χ3n) is 3.25. The minimum Gasteiger partial charge on any atom is -0.399 e. The first-order chi connectivity index (χ1) is 8.31. The Balaban J connectivity index is 1.80. The van der Waals surface area contributed by atoms with Crippen molar-refractivity contribution in [1.29, 1.82) is 0 Å². The van der Waals surface area contributed by atoms with E-state index in [1.807, 2.05) is 18.2 Å². The Labute approximate surface area is 100 Å². The van der Waals surface area contributed by atoms with Crippen molar-refractivity contribution in [3.63, 3.8) is 0 Å². The first-order valence-corrected chi connectivity index (χ1v) is 6.17. The lowest BCUT2D eigenvalue weighted by molar-refractivity contribution is 0.0158. The molecular weight excluding hydrogens is 214 g/mol. The van der Waals surface area contributed by atoms with Crippen LogP contribution < -0.4 is 5.73 Å². The van der Waals surface area contributed by atoms with Crippen LogP contribution in [0.25, 0.3) is 11.0 Å². The Bertz CT molecular complexity index is 514. The first kappa shape index (κ1) is 10.6. The second-order valence-electron chi connectivity index (χ2n) is 4.65. The molecule has 0 spiro atoms. The zero-order chi connectivity index (χ0) is 11.7. The maximum atomic E-state index is 5.74. The molecule has 90 valence electrons. The molecule has 4 nitrogen and oxygen atoms in total. The van der Waals surface area contributed by atoms with E-state index in [0.717, 1.165) is 42.0 Å². The Morgan fingerprint density at radius 3 is 3.18 bits per heavy atom. The Hall–Kier alpha value is -1.55. The van der Waals surface area contributed by atoms with Crippen molar-refractivity contribution in [3.05, 3.63) is 24.0 Å². The zero-order valence-corrected chi connectivity index (χ0v) is 9.78. The fourth-order valence-corrected chi connectivity index (χ4v) is 2.36. The van der Waals surface area contributed by atoms with Gasteiger partial charge in [-0.3, -0.25) is 0 Å². The lowest BCUT2D eigenvalue weighted by Gasteiger charge is -2.21. The van der Waals surface area contributed by atoms with Gasteiger partial charge in [0, 0.05) is 18.7 Å². The Morgan fingerprint density at radius 1 is 1.41 bits per heavy atom. The van der Waals surface area contributed by atoms with E-state index in [4.69, 9.17) is 10.5 Å². The zero-order valence-electron chi connectivity index (χ0n) is 9.78. The minimum absolute atomic E-state index is 0.321. The molecule has 1 fully saturated rings. The number of aromatic nitrogens is 2. The molecule has 3 rings (SSSR count). The maximum Gasteiger partial charge on any atom is 0.109 e. The first-order valence-electron chi connectivity index (χ1n) is 6.17.